The summed E-state index contributed by atoms with van der Waals surface area (Å²) in [4.78, 5) is 11.1. The van der Waals surface area contributed by atoms with Crippen LogP contribution < -0.4 is 0 Å². The molecule has 0 aromatic rings. The van der Waals surface area contributed by atoms with Gasteiger partial charge in [0.15, 0.2) is 0 Å². The molecule has 4 nitrogen and oxygen atoms in total. The minimum absolute atomic E-state index is 0.179. The topological polar surface area (TPSA) is 77.8 Å². The molecule has 4 saturated carbocycles. The average Bonchev–Trinajstić information content (AvgIpc) is 2.98. The Labute approximate surface area is 170 Å². The van der Waals surface area contributed by atoms with Gasteiger partial charge in [-0.3, -0.25) is 4.79 Å². The molecular weight excluding hydrogens is 352 g/mol. The van der Waals surface area contributed by atoms with Crippen molar-refractivity contribution in [1.82, 2.24) is 0 Å². The van der Waals surface area contributed by atoms with E-state index < -0.39 is 5.97 Å². The third-order valence-electron chi connectivity index (χ3n) is 10.2. The van der Waals surface area contributed by atoms with E-state index in [0.717, 1.165) is 32.1 Å². The Kier molecular flexibility index (Phi) is 5.36. The lowest BCUT2D eigenvalue weighted by Gasteiger charge is -2.62. The van der Waals surface area contributed by atoms with E-state index in [-0.39, 0.29) is 29.5 Å². The second-order valence-electron chi connectivity index (χ2n) is 11.4. The Hall–Kier alpha value is -0.610. The standard InChI is InChI=1S/C24H40O4/c1-14(4-7-21(27)28)17-5-6-18-22-19(9-11-24(17,18)3)23(2)10-8-16(25)12-15(23)13-20(22)26/h14-20,22,25-26H,4-13H2,1-3H3,(H,27,28)/t14-,15+,16-,17-,18?,19+,20-,22+,23+,24-/m1/s1. The normalized spacial score (nSPS) is 51.7. The largest absolute Gasteiger partial charge is 0.481 e. The lowest BCUT2D eigenvalue weighted by Crippen LogP contribution is -2.58. The molecule has 4 aliphatic rings. The van der Waals surface area contributed by atoms with E-state index in [9.17, 15) is 15.0 Å². The molecule has 0 radical (unpaired) electrons. The van der Waals surface area contributed by atoms with Crippen molar-refractivity contribution in [1.29, 1.82) is 0 Å². The maximum Gasteiger partial charge on any atom is 0.303 e. The summed E-state index contributed by atoms with van der Waals surface area (Å²) in [5.41, 5.74) is 0.523. The Morgan fingerprint density at radius 1 is 1.00 bits per heavy atom. The van der Waals surface area contributed by atoms with Crippen LogP contribution in [0.5, 0.6) is 0 Å². The molecule has 0 saturated heterocycles. The highest BCUT2D eigenvalue weighted by atomic mass is 16.4. The van der Waals surface area contributed by atoms with Gasteiger partial charge in [0.1, 0.15) is 0 Å². The lowest BCUT2D eigenvalue weighted by molar-refractivity contribution is -0.174. The maximum atomic E-state index is 11.2. The van der Waals surface area contributed by atoms with Crippen molar-refractivity contribution in [2.24, 2.45) is 46.3 Å². The van der Waals surface area contributed by atoms with Gasteiger partial charge in [-0.15, -0.1) is 0 Å². The number of carboxylic acids is 1. The van der Waals surface area contributed by atoms with Crippen LogP contribution in [0.15, 0.2) is 0 Å². The molecule has 3 N–H and O–H groups in total. The number of carboxylic acid groups (broad SMARTS) is 1. The van der Waals surface area contributed by atoms with Gasteiger partial charge in [-0.1, -0.05) is 20.8 Å². The third-order valence-corrected chi connectivity index (χ3v) is 10.2. The van der Waals surface area contributed by atoms with E-state index in [1.807, 2.05) is 0 Å². The summed E-state index contributed by atoms with van der Waals surface area (Å²) in [6, 6.07) is 0. The minimum Gasteiger partial charge on any atom is -0.481 e. The Morgan fingerprint density at radius 3 is 2.39 bits per heavy atom. The molecule has 4 rings (SSSR count). The van der Waals surface area contributed by atoms with Gasteiger partial charge < -0.3 is 15.3 Å². The molecule has 0 aliphatic heterocycles. The minimum atomic E-state index is -0.684. The van der Waals surface area contributed by atoms with Crippen LogP contribution in [0.4, 0.5) is 0 Å². The predicted molar refractivity (Wildman–Crippen MR) is 109 cm³/mol. The van der Waals surface area contributed by atoms with Gasteiger partial charge in [-0.05, 0) is 104 Å². The zero-order valence-electron chi connectivity index (χ0n) is 17.9. The molecule has 160 valence electrons. The zero-order chi connectivity index (χ0) is 20.3. The zero-order valence-corrected chi connectivity index (χ0v) is 17.9. The van der Waals surface area contributed by atoms with Gasteiger partial charge in [-0.2, -0.15) is 0 Å². The fraction of sp³-hybridized carbons (Fsp3) is 0.958. The van der Waals surface area contributed by atoms with Gasteiger partial charge in [0.05, 0.1) is 12.2 Å². The average molecular weight is 393 g/mol. The van der Waals surface area contributed by atoms with Crippen molar-refractivity contribution in [2.45, 2.75) is 97.2 Å². The summed E-state index contributed by atoms with van der Waals surface area (Å²) in [6.07, 6.45) is 9.19. The van der Waals surface area contributed by atoms with E-state index in [2.05, 4.69) is 20.8 Å². The molecule has 28 heavy (non-hydrogen) atoms. The number of carbonyl (C=O) groups is 1. The first-order valence-corrected chi connectivity index (χ1v) is 11.7. The first-order valence-electron chi connectivity index (χ1n) is 11.7. The van der Waals surface area contributed by atoms with Crippen LogP contribution >= 0.6 is 0 Å². The van der Waals surface area contributed by atoms with Crippen LogP contribution in [0, 0.1) is 46.3 Å². The summed E-state index contributed by atoms with van der Waals surface area (Å²) in [6.45, 7) is 7.16. The second kappa shape index (κ2) is 7.27. The number of hydrogen-bond acceptors (Lipinski definition) is 3. The molecule has 4 fully saturated rings. The van der Waals surface area contributed by atoms with Gasteiger partial charge in [0, 0.05) is 6.42 Å². The molecule has 0 bridgehead atoms. The molecule has 4 heteroatoms. The van der Waals surface area contributed by atoms with Crippen molar-refractivity contribution < 1.29 is 20.1 Å². The van der Waals surface area contributed by atoms with Gasteiger partial charge >= 0.3 is 5.97 Å². The molecule has 1 unspecified atom stereocenters. The molecular formula is C24H40O4. The molecule has 0 spiro atoms. The molecule has 10 atom stereocenters. The van der Waals surface area contributed by atoms with Crippen LogP contribution in [0.3, 0.4) is 0 Å². The van der Waals surface area contributed by atoms with Crippen LogP contribution in [-0.4, -0.2) is 33.5 Å². The quantitative estimate of drug-likeness (QED) is 0.659. The fourth-order valence-corrected chi connectivity index (χ4v) is 8.73. The maximum absolute atomic E-state index is 11.2. The van der Waals surface area contributed by atoms with Crippen molar-refractivity contribution in [2.75, 3.05) is 0 Å². The highest BCUT2D eigenvalue weighted by molar-refractivity contribution is 5.66. The number of hydrogen-bond donors (Lipinski definition) is 3. The van der Waals surface area contributed by atoms with Crippen LogP contribution in [0.2, 0.25) is 0 Å². The number of aliphatic hydroxyl groups excluding tert-OH is 2. The number of aliphatic hydroxyl groups is 2. The fourth-order valence-electron chi connectivity index (χ4n) is 8.73. The van der Waals surface area contributed by atoms with Gasteiger partial charge in [-0.25, -0.2) is 0 Å². The van der Waals surface area contributed by atoms with E-state index in [1.165, 1.54) is 25.7 Å². The van der Waals surface area contributed by atoms with Crippen molar-refractivity contribution in [3.63, 3.8) is 0 Å². The summed E-state index contributed by atoms with van der Waals surface area (Å²) in [7, 11) is 0. The smallest absolute Gasteiger partial charge is 0.303 e. The summed E-state index contributed by atoms with van der Waals surface area (Å²) in [5, 5.41) is 30.5. The van der Waals surface area contributed by atoms with Crippen LogP contribution in [0.1, 0.15) is 85.0 Å². The highest BCUT2D eigenvalue weighted by Crippen LogP contribution is 2.68. The molecule has 0 aromatic carbocycles. The van der Waals surface area contributed by atoms with Crippen LogP contribution in [-0.2, 0) is 4.79 Å². The van der Waals surface area contributed by atoms with E-state index in [0.29, 0.717) is 35.5 Å². The van der Waals surface area contributed by atoms with Gasteiger partial charge in [0.25, 0.3) is 0 Å². The monoisotopic (exact) mass is 392 g/mol. The second-order valence-corrected chi connectivity index (χ2v) is 11.4. The Bertz CT molecular complexity index is 605. The van der Waals surface area contributed by atoms with Crippen molar-refractivity contribution in [3.8, 4) is 0 Å². The van der Waals surface area contributed by atoms with E-state index in [1.54, 1.807) is 0 Å². The van der Waals surface area contributed by atoms with Crippen molar-refractivity contribution >= 4 is 5.97 Å². The Balaban J connectivity index is 1.55. The molecule has 0 aromatic heterocycles. The first kappa shape index (κ1) is 20.7. The lowest BCUT2D eigenvalue weighted by atomic mass is 9.43. The first-order chi connectivity index (χ1) is 13.2. The highest BCUT2D eigenvalue weighted by Gasteiger charge is 2.62. The SMILES string of the molecule is C[C@H](CCC(=O)O)[C@H]1CCC2[C@@H]3[C@H](O)C[C@@H]4C[C@H](O)CC[C@]4(C)[C@H]3CC[C@@]21C. The van der Waals surface area contributed by atoms with Gasteiger partial charge in [0.2, 0.25) is 0 Å². The number of aliphatic carboxylic acids is 1. The van der Waals surface area contributed by atoms with E-state index in [4.69, 9.17) is 5.11 Å². The predicted octanol–water partition coefficient (Wildman–Crippen LogP) is 4.48. The van der Waals surface area contributed by atoms with Crippen molar-refractivity contribution in [3.05, 3.63) is 0 Å². The molecule has 4 aliphatic carbocycles. The summed E-state index contributed by atoms with van der Waals surface area (Å²) < 4.78 is 0. The molecule has 0 amide bonds. The molecule has 0 heterocycles. The number of fused-ring (bicyclic) bond motifs is 5. The van der Waals surface area contributed by atoms with E-state index >= 15 is 0 Å². The summed E-state index contributed by atoms with van der Waals surface area (Å²) >= 11 is 0. The number of rotatable bonds is 4. The Morgan fingerprint density at radius 2 is 1.68 bits per heavy atom. The van der Waals surface area contributed by atoms with Crippen LogP contribution in [0.25, 0.3) is 0 Å². The third kappa shape index (κ3) is 3.14. The summed E-state index contributed by atoms with van der Waals surface area (Å²) in [5.74, 6) is 2.36.